The molecule has 0 aliphatic heterocycles. The van der Waals surface area contributed by atoms with Crippen molar-refractivity contribution in [1.29, 1.82) is 0 Å². The van der Waals surface area contributed by atoms with Crippen molar-refractivity contribution in [3.8, 4) is 0 Å². The lowest BCUT2D eigenvalue weighted by atomic mass is 10.2. The summed E-state index contributed by atoms with van der Waals surface area (Å²) in [6.45, 7) is 0.623. The second-order valence-corrected chi connectivity index (χ2v) is 8.52. The Kier molecular flexibility index (Phi) is 7.44. The number of pyridine rings is 1. The molecular weight excluding hydrogens is 555 g/mol. The number of rotatable bonds is 7. The lowest BCUT2D eigenvalue weighted by molar-refractivity contribution is -0.148. The summed E-state index contributed by atoms with van der Waals surface area (Å²) in [6.07, 6.45) is -0.236. The highest BCUT2D eigenvalue weighted by Gasteiger charge is 2.22. The minimum Gasteiger partial charge on any atom is -0.462 e. The van der Waals surface area contributed by atoms with E-state index >= 15 is 0 Å². The number of aryl methyl sites for hydroxylation is 1. The maximum absolute atomic E-state index is 14.9. The summed E-state index contributed by atoms with van der Waals surface area (Å²) in [4.78, 5) is 41.0. The molecule has 1 aromatic carbocycles. The van der Waals surface area contributed by atoms with E-state index in [1.165, 1.54) is 26.1 Å². The van der Waals surface area contributed by atoms with Crippen LogP contribution >= 0.6 is 22.6 Å². The number of fused-ring (bicyclic) bond motifs is 1. The van der Waals surface area contributed by atoms with Crippen molar-refractivity contribution in [2.75, 3.05) is 11.9 Å². The van der Waals surface area contributed by atoms with Gasteiger partial charge in [0.25, 0.3) is 11.1 Å². The second kappa shape index (κ2) is 9.93. The first-order chi connectivity index (χ1) is 15.5. The number of carbonyl (C=O) groups excluding carboxylic acids is 1. The highest BCUT2D eigenvalue weighted by atomic mass is 127. The molecule has 0 aliphatic rings. The highest BCUT2D eigenvalue weighted by Crippen LogP contribution is 2.26. The SMILES string of the molecule is CC(N)C(=O)OCC(O)Cn1cnc2c(c(Nc3ccc(I)cc3F)c(F)c(=O)n2C)c1=O. The molecule has 0 aliphatic carbocycles. The Labute approximate surface area is 199 Å². The fourth-order valence-electron chi connectivity index (χ4n) is 2.98. The van der Waals surface area contributed by atoms with Crippen LogP contribution in [0.4, 0.5) is 20.2 Å². The second-order valence-electron chi connectivity index (χ2n) is 7.28. The smallest absolute Gasteiger partial charge is 0.322 e. The predicted octanol–water partition coefficient (Wildman–Crippen LogP) is 0.973. The van der Waals surface area contributed by atoms with Crippen LogP contribution in [-0.4, -0.2) is 43.9 Å². The van der Waals surface area contributed by atoms with Gasteiger partial charge in [-0.15, -0.1) is 0 Å². The lowest BCUT2D eigenvalue weighted by Crippen LogP contribution is -2.35. The molecule has 0 bridgehead atoms. The number of benzene rings is 1. The molecule has 33 heavy (non-hydrogen) atoms. The zero-order valence-corrected chi connectivity index (χ0v) is 19.7. The van der Waals surface area contributed by atoms with Gasteiger partial charge in [0.2, 0.25) is 5.82 Å². The van der Waals surface area contributed by atoms with Gasteiger partial charge in [0.05, 0.1) is 17.9 Å². The van der Waals surface area contributed by atoms with Crippen LogP contribution in [0, 0.1) is 15.2 Å². The molecule has 2 atom stereocenters. The van der Waals surface area contributed by atoms with Crippen LogP contribution in [-0.2, 0) is 23.1 Å². The summed E-state index contributed by atoms with van der Waals surface area (Å²) < 4.78 is 36.5. The Hall–Kier alpha value is -2.91. The van der Waals surface area contributed by atoms with Crippen molar-refractivity contribution in [1.82, 2.24) is 14.1 Å². The van der Waals surface area contributed by atoms with Crippen LogP contribution in [0.2, 0.25) is 0 Å². The van der Waals surface area contributed by atoms with Gasteiger partial charge in [-0.3, -0.25) is 23.5 Å². The van der Waals surface area contributed by atoms with E-state index < -0.39 is 53.2 Å². The zero-order chi connectivity index (χ0) is 24.4. The number of nitrogens with two attached hydrogens (primary N) is 1. The molecular formula is C20H20F2IN5O5. The molecule has 0 saturated carbocycles. The van der Waals surface area contributed by atoms with Crippen molar-refractivity contribution < 1.29 is 23.4 Å². The first-order valence-electron chi connectivity index (χ1n) is 9.61. The average molecular weight is 575 g/mol. The zero-order valence-electron chi connectivity index (χ0n) is 17.5. The van der Waals surface area contributed by atoms with Gasteiger partial charge in [-0.2, -0.15) is 4.39 Å². The Morgan fingerprint density at radius 3 is 2.67 bits per heavy atom. The molecule has 0 radical (unpaired) electrons. The number of carbonyl (C=O) groups is 1. The first kappa shape index (κ1) is 24.7. The number of nitrogens with one attached hydrogen (secondary N) is 1. The van der Waals surface area contributed by atoms with Crippen LogP contribution in [0.25, 0.3) is 11.0 Å². The molecule has 3 rings (SSSR count). The van der Waals surface area contributed by atoms with Gasteiger partial charge in [0.15, 0.2) is 5.65 Å². The standard InChI is InChI=1S/C20H20F2IN5O5/c1-9(24)20(32)33-7-11(29)6-28-8-25-17-14(18(28)30)16(15(22)19(31)27(17)2)26-13-4-3-10(23)5-12(13)21/h3-5,8-9,11,26,29H,6-7,24H2,1-2H3. The Morgan fingerprint density at radius 1 is 1.33 bits per heavy atom. The Balaban J connectivity index is 2.06. The van der Waals surface area contributed by atoms with E-state index in [4.69, 9.17) is 10.5 Å². The minimum absolute atomic E-state index is 0.144. The minimum atomic E-state index is -1.30. The third-order valence-corrected chi connectivity index (χ3v) is 5.36. The molecule has 0 fully saturated rings. The van der Waals surface area contributed by atoms with Gasteiger partial charge >= 0.3 is 5.97 Å². The summed E-state index contributed by atoms with van der Waals surface area (Å²) in [7, 11) is 1.24. The fourth-order valence-corrected chi connectivity index (χ4v) is 3.43. The van der Waals surface area contributed by atoms with E-state index in [1.54, 1.807) is 6.07 Å². The summed E-state index contributed by atoms with van der Waals surface area (Å²) in [5.41, 5.74) is 2.67. The maximum Gasteiger partial charge on any atom is 0.322 e. The Morgan fingerprint density at radius 2 is 2.03 bits per heavy atom. The molecule has 0 amide bonds. The number of esters is 1. The summed E-state index contributed by atoms with van der Waals surface area (Å²) >= 11 is 1.90. The number of aromatic nitrogens is 3. The largest absolute Gasteiger partial charge is 0.462 e. The molecule has 0 spiro atoms. The molecule has 4 N–H and O–H groups in total. The van der Waals surface area contributed by atoms with Crippen molar-refractivity contribution >= 4 is 51.0 Å². The number of hydrogen-bond donors (Lipinski definition) is 3. The predicted molar refractivity (Wildman–Crippen MR) is 124 cm³/mol. The van der Waals surface area contributed by atoms with E-state index in [-0.39, 0.29) is 23.3 Å². The number of halogens is 3. The van der Waals surface area contributed by atoms with Crippen molar-refractivity contribution in [3.63, 3.8) is 0 Å². The fraction of sp³-hybridized carbons (Fsp3) is 0.300. The van der Waals surface area contributed by atoms with Crippen molar-refractivity contribution in [2.24, 2.45) is 12.8 Å². The van der Waals surface area contributed by atoms with Crippen LogP contribution in [0.1, 0.15) is 6.92 Å². The number of aliphatic hydroxyl groups excluding tert-OH is 1. The van der Waals surface area contributed by atoms with E-state index in [2.05, 4.69) is 10.3 Å². The van der Waals surface area contributed by atoms with E-state index in [9.17, 15) is 28.3 Å². The van der Waals surface area contributed by atoms with Crippen LogP contribution in [0.3, 0.4) is 0 Å². The van der Waals surface area contributed by atoms with Crippen molar-refractivity contribution in [2.45, 2.75) is 25.6 Å². The topological polar surface area (TPSA) is 141 Å². The van der Waals surface area contributed by atoms with Gasteiger partial charge in [0, 0.05) is 10.6 Å². The third-order valence-electron chi connectivity index (χ3n) is 4.69. The molecule has 2 unspecified atom stereocenters. The number of ether oxygens (including phenoxy) is 1. The first-order valence-corrected chi connectivity index (χ1v) is 10.7. The quantitative estimate of drug-likeness (QED) is 0.280. The molecule has 10 nitrogen and oxygen atoms in total. The molecule has 2 heterocycles. The van der Waals surface area contributed by atoms with Gasteiger partial charge in [-0.25, -0.2) is 9.37 Å². The highest BCUT2D eigenvalue weighted by molar-refractivity contribution is 14.1. The number of aliphatic hydroxyl groups is 1. The van der Waals surface area contributed by atoms with Gasteiger partial charge in [-0.05, 0) is 47.7 Å². The van der Waals surface area contributed by atoms with Gasteiger partial charge in [0.1, 0.15) is 36.3 Å². The summed E-state index contributed by atoms with van der Waals surface area (Å²) in [6, 6.07) is 3.21. The summed E-state index contributed by atoms with van der Waals surface area (Å²) in [5.74, 6) is -2.75. The normalized spacial score (nSPS) is 13.1. The van der Waals surface area contributed by atoms with Gasteiger partial charge < -0.3 is 20.9 Å². The van der Waals surface area contributed by atoms with Crippen molar-refractivity contribution in [3.05, 3.63) is 60.4 Å². The number of hydrogen-bond acceptors (Lipinski definition) is 8. The Bertz CT molecular complexity index is 1340. The maximum atomic E-state index is 14.9. The van der Waals surface area contributed by atoms with E-state index in [1.807, 2.05) is 22.6 Å². The molecule has 2 aromatic heterocycles. The average Bonchev–Trinajstić information content (AvgIpc) is 2.76. The monoisotopic (exact) mass is 575 g/mol. The number of anilines is 2. The number of nitrogens with zero attached hydrogens (tertiary/aromatic N) is 3. The third kappa shape index (κ3) is 5.20. The van der Waals surface area contributed by atoms with E-state index in [0.717, 1.165) is 15.5 Å². The lowest BCUT2D eigenvalue weighted by Gasteiger charge is -2.16. The van der Waals surface area contributed by atoms with Gasteiger partial charge in [-0.1, -0.05) is 0 Å². The van der Waals surface area contributed by atoms with E-state index in [0.29, 0.717) is 3.57 Å². The van der Waals surface area contributed by atoms with Crippen LogP contribution < -0.4 is 22.2 Å². The molecule has 13 heteroatoms. The molecule has 0 saturated heterocycles. The molecule has 3 aromatic rings. The molecule has 176 valence electrons. The summed E-state index contributed by atoms with van der Waals surface area (Å²) in [5, 5.41) is 12.3. The van der Waals surface area contributed by atoms with Crippen LogP contribution in [0.5, 0.6) is 0 Å². The van der Waals surface area contributed by atoms with Crippen LogP contribution in [0.15, 0.2) is 34.1 Å².